The fourth-order valence-corrected chi connectivity index (χ4v) is 2.62. The zero-order valence-corrected chi connectivity index (χ0v) is 13.6. The van der Waals surface area contributed by atoms with Crippen molar-refractivity contribution in [1.29, 1.82) is 0 Å². The van der Waals surface area contributed by atoms with Crippen LogP contribution in [0.2, 0.25) is 0 Å². The summed E-state index contributed by atoms with van der Waals surface area (Å²) in [6.07, 6.45) is 3.49. The van der Waals surface area contributed by atoms with Gasteiger partial charge in [-0.15, -0.1) is 0 Å². The van der Waals surface area contributed by atoms with Crippen LogP contribution in [-0.4, -0.2) is 42.2 Å². The second-order valence-electron chi connectivity index (χ2n) is 5.72. The Balaban J connectivity index is 1.66. The van der Waals surface area contributed by atoms with E-state index in [1.807, 2.05) is 0 Å². The molecule has 3 rings (SSSR count). The van der Waals surface area contributed by atoms with Crippen molar-refractivity contribution >= 4 is 11.8 Å². The number of hydrogen-bond acceptors (Lipinski definition) is 5. The minimum absolute atomic E-state index is 0.174. The first-order valence-electron chi connectivity index (χ1n) is 7.98. The van der Waals surface area contributed by atoms with E-state index in [2.05, 4.69) is 10.3 Å². The molecule has 0 saturated carbocycles. The van der Waals surface area contributed by atoms with Crippen molar-refractivity contribution in [2.24, 2.45) is 5.73 Å². The molecule has 1 aromatic heterocycles. The van der Waals surface area contributed by atoms with E-state index < -0.39 is 5.91 Å². The number of amides is 2. The summed E-state index contributed by atoms with van der Waals surface area (Å²) in [7, 11) is 0. The van der Waals surface area contributed by atoms with Gasteiger partial charge in [0.05, 0.1) is 12.6 Å². The van der Waals surface area contributed by atoms with Gasteiger partial charge in [0.2, 0.25) is 5.91 Å². The van der Waals surface area contributed by atoms with Gasteiger partial charge >= 0.3 is 0 Å². The average molecular weight is 341 g/mol. The molecule has 1 aromatic carbocycles. The van der Waals surface area contributed by atoms with E-state index in [1.165, 1.54) is 0 Å². The summed E-state index contributed by atoms with van der Waals surface area (Å²) >= 11 is 0. The number of carbonyl (C=O) groups excluding carboxylic acids is 2. The van der Waals surface area contributed by atoms with Crippen LogP contribution in [0.3, 0.4) is 0 Å². The van der Waals surface area contributed by atoms with Crippen molar-refractivity contribution in [2.45, 2.75) is 18.6 Å². The van der Waals surface area contributed by atoms with Gasteiger partial charge in [0.25, 0.3) is 5.91 Å². The van der Waals surface area contributed by atoms with Crippen LogP contribution in [0.25, 0.3) is 0 Å². The summed E-state index contributed by atoms with van der Waals surface area (Å²) in [5.74, 6) is -0.0781. The van der Waals surface area contributed by atoms with Crippen molar-refractivity contribution in [2.75, 3.05) is 13.2 Å². The van der Waals surface area contributed by atoms with E-state index >= 15 is 0 Å². The third kappa shape index (κ3) is 4.33. The van der Waals surface area contributed by atoms with Crippen LogP contribution < -0.4 is 15.8 Å². The number of pyridine rings is 1. The van der Waals surface area contributed by atoms with Crippen LogP contribution in [-0.2, 0) is 4.74 Å². The molecule has 0 unspecified atom stereocenters. The lowest BCUT2D eigenvalue weighted by Gasteiger charge is -2.32. The molecule has 1 fully saturated rings. The zero-order valence-electron chi connectivity index (χ0n) is 13.6. The molecule has 2 heterocycles. The Morgan fingerprint density at radius 2 is 1.84 bits per heavy atom. The molecule has 25 heavy (non-hydrogen) atoms. The van der Waals surface area contributed by atoms with Gasteiger partial charge in [0.1, 0.15) is 11.9 Å². The summed E-state index contributed by atoms with van der Waals surface area (Å²) < 4.78 is 11.4. The number of rotatable bonds is 5. The Labute approximate surface area is 145 Å². The van der Waals surface area contributed by atoms with Crippen molar-refractivity contribution in [3.63, 3.8) is 0 Å². The first-order valence-corrected chi connectivity index (χ1v) is 7.98. The number of benzene rings is 1. The summed E-state index contributed by atoms with van der Waals surface area (Å²) in [6, 6.07) is 9.70. The predicted molar refractivity (Wildman–Crippen MR) is 90.3 cm³/mol. The van der Waals surface area contributed by atoms with Crippen LogP contribution in [0, 0.1) is 0 Å². The fourth-order valence-electron chi connectivity index (χ4n) is 2.62. The number of nitrogens with zero attached hydrogens (tertiary/aromatic N) is 1. The molecular formula is C18H19N3O4. The van der Waals surface area contributed by atoms with Gasteiger partial charge in [-0.05, 0) is 42.8 Å². The summed E-state index contributed by atoms with van der Waals surface area (Å²) in [4.78, 5) is 27.4. The zero-order chi connectivity index (χ0) is 17.6. The quantitative estimate of drug-likeness (QED) is 0.849. The average Bonchev–Trinajstić information content (AvgIpc) is 2.64. The molecule has 2 aromatic rings. The Morgan fingerprint density at radius 1 is 1.12 bits per heavy atom. The molecule has 2 atom stereocenters. The first-order chi connectivity index (χ1) is 12.1. The molecule has 1 aliphatic rings. The van der Waals surface area contributed by atoms with Gasteiger partial charge in [0, 0.05) is 30.1 Å². The van der Waals surface area contributed by atoms with Gasteiger partial charge in [-0.3, -0.25) is 14.6 Å². The SMILES string of the molecule is NC(=O)c1ccc(O[C@@H]2COCC[C@H]2NC(=O)c2ccncc2)cc1. The third-order valence-corrected chi connectivity index (χ3v) is 3.99. The standard InChI is InChI=1S/C18H19N3O4/c19-17(22)12-1-3-14(4-2-12)25-16-11-24-10-7-15(16)21-18(23)13-5-8-20-9-6-13/h1-6,8-9,15-16H,7,10-11H2,(H2,19,22)(H,21,23)/t15-,16-/m1/s1. The summed E-state index contributed by atoms with van der Waals surface area (Å²) in [5.41, 5.74) is 6.19. The second kappa shape index (κ2) is 7.76. The molecule has 1 saturated heterocycles. The highest BCUT2D eigenvalue weighted by molar-refractivity contribution is 5.94. The number of nitrogens with two attached hydrogens (primary N) is 1. The number of primary amides is 1. The highest BCUT2D eigenvalue weighted by Crippen LogP contribution is 2.19. The molecule has 2 amide bonds. The Hall–Kier alpha value is -2.93. The molecule has 7 nitrogen and oxygen atoms in total. The van der Waals surface area contributed by atoms with E-state index in [0.717, 1.165) is 0 Å². The number of hydrogen-bond donors (Lipinski definition) is 2. The molecule has 3 N–H and O–H groups in total. The Bertz CT molecular complexity index is 734. The second-order valence-corrected chi connectivity index (χ2v) is 5.72. The fraction of sp³-hybridized carbons (Fsp3) is 0.278. The minimum Gasteiger partial charge on any atom is -0.486 e. The highest BCUT2D eigenvalue weighted by atomic mass is 16.5. The van der Waals surface area contributed by atoms with Gasteiger partial charge in [-0.2, -0.15) is 0 Å². The maximum atomic E-state index is 12.3. The largest absolute Gasteiger partial charge is 0.486 e. The number of carbonyl (C=O) groups is 2. The molecule has 130 valence electrons. The monoisotopic (exact) mass is 341 g/mol. The van der Waals surface area contributed by atoms with Gasteiger partial charge < -0.3 is 20.5 Å². The first kappa shape index (κ1) is 16.9. The lowest BCUT2D eigenvalue weighted by atomic mass is 10.1. The van der Waals surface area contributed by atoms with Crippen LogP contribution in [0.1, 0.15) is 27.1 Å². The lowest BCUT2D eigenvalue weighted by Crippen LogP contribution is -2.51. The minimum atomic E-state index is -0.491. The lowest BCUT2D eigenvalue weighted by molar-refractivity contribution is -0.0135. The van der Waals surface area contributed by atoms with E-state index in [9.17, 15) is 9.59 Å². The maximum absolute atomic E-state index is 12.3. The summed E-state index contributed by atoms with van der Waals surface area (Å²) in [6.45, 7) is 0.931. The molecule has 0 aliphatic carbocycles. The van der Waals surface area contributed by atoms with Crippen LogP contribution in [0.4, 0.5) is 0 Å². The normalized spacial score (nSPS) is 19.8. The molecule has 0 bridgehead atoms. The van der Waals surface area contributed by atoms with Gasteiger partial charge in [0.15, 0.2) is 0 Å². The topological polar surface area (TPSA) is 104 Å². The van der Waals surface area contributed by atoms with E-state index in [1.54, 1.807) is 48.8 Å². The van der Waals surface area contributed by atoms with Gasteiger partial charge in [-0.25, -0.2) is 0 Å². The molecular weight excluding hydrogens is 322 g/mol. The number of ether oxygens (including phenoxy) is 2. The van der Waals surface area contributed by atoms with Crippen molar-refractivity contribution < 1.29 is 19.1 Å². The van der Waals surface area contributed by atoms with Crippen LogP contribution >= 0.6 is 0 Å². The van der Waals surface area contributed by atoms with Gasteiger partial charge in [-0.1, -0.05) is 0 Å². The van der Waals surface area contributed by atoms with Crippen molar-refractivity contribution in [3.8, 4) is 5.75 Å². The molecule has 0 spiro atoms. The number of nitrogens with one attached hydrogen (secondary N) is 1. The number of aromatic nitrogens is 1. The van der Waals surface area contributed by atoms with E-state index in [-0.39, 0.29) is 18.1 Å². The molecule has 1 aliphatic heterocycles. The van der Waals surface area contributed by atoms with Crippen LogP contribution in [0.5, 0.6) is 5.75 Å². The third-order valence-electron chi connectivity index (χ3n) is 3.99. The van der Waals surface area contributed by atoms with E-state index in [0.29, 0.717) is 36.5 Å². The molecule has 0 radical (unpaired) electrons. The van der Waals surface area contributed by atoms with Crippen molar-refractivity contribution in [3.05, 3.63) is 59.9 Å². The Kier molecular flexibility index (Phi) is 5.25. The van der Waals surface area contributed by atoms with E-state index in [4.69, 9.17) is 15.2 Å². The van der Waals surface area contributed by atoms with Crippen molar-refractivity contribution in [1.82, 2.24) is 10.3 Å². The maximum Gasteiger partial charge on any atom is 0.251 e. The summed E-state index contributed by atoms with van der Waals surface area (Å²) in [5, 5.41) is 2.99. The highest BCUT2D eigenvalue weighted by Gasteiger charge is 2.29. The predicted octanol–water partition coefficient (Wildman–Crippen LogP) is 1.15. The Morgan fingerprint density at radius 3 is 2.52 bits per heavy atom. The van der Waals surface area contributed by atoms with Crippen LogP contribution in [0.15, 0.2) is 48.8 Å². The smallest absolute Gasteiger partial charge is 0.251 e. The molecule has 7 heteroatoms.